The number of hydrogen-bond donors (Lipinski definition) is 1. The molecule has 0 saturated carbocycles. The molecule has 0 radical (unpaired) electrons. The molecule has 0 atom stereocenters. The predicted octanol–water partition coefficient (Wildman–Crippen LogP) is 2.50. The predicted molar refractivity (Wildman–Crippen MR) is 81.2 cm³/mol. The van der Waals surface area contributed by atoms with Gasteiger partial charge in [-0.25, -0.2) is 4.98 Å². The minimum atomic E-state index is -0.361. The highest BCUT2D eigenvalue weighted by molar-refractivity contribution is 7.09. The summed E-state index contributed by atoms with van der Waals surface area (Å²) in [6.07, 6.45) is 2.10. The molecule has 0 spiro atoms. The van der Waals surface area contributed by atoms with Gasteiger partial charge in [0.2, 0.25) is 5.91 Å². The summed E-state index contributed by atoms with van der Waals surface area (Å²) in [6.45, 7) is 3.88. The van der Waals surface area contributed by atoms with Gasteiger partial charge >= 0.3 is 0 Å². The van der Waals surface area contributed by atoms with Crippen molar-refractivity contribution in [3.05, 3.63) is 45.4 Å². The Labute approximate surface area is 122 Å². The van der Waals surface area contributed by atoms with Crippen molar-refractivity contribution >= 4 is 22.9 Å². The van der Waals surface area contributed by atoms with Gasteiger partial charge in [0.05, 0.1) is 6.54 Å². The number of thiazole rings is 1. The molecular formula is C15H17N3OS. The van der Waals surface area contributed by atoms with E-state index >= 15 is 0 Å². The molecular weight excluding hydrogens is 270 g/mol. The van der Waals surface area contributed by atoms with E-state index in [2.05, 4.69) is 15.3 Å². The Hall–Kier alpha value is -1.88. The van der Waals surface area contributed by atoms with E-state index in [1.807, 2.05) is 25.1 Å². The lowest BCUT2D eigenvalue weighted by atomic mass is 9.99. The van der Waals surface area contributed by atoms with Crippen LogP contribution in [-0.4, -0.2) is 17.4 Å². The summed E-state index contributed by atoms with van der Waals surface area (Å²) < 4.78 is 0. The maximum Gasteiger partial charge on any atom is 0.248 e. The van der Waals surface area contributed by atoms with E-state index in [0.717, 1.165) is 36.6 Å². The molecule has 2 N–H and O–H groups in total. The zero-order valence-corrected chi connectivity index (χ0v) is 12.2. The SMILES string of the molecule is Cc1csc(CN2CCCc3cc(C(N)=O)ccc32)n1. The second kappa shape index (κ2) is 5.25. The molecule has 0 saturated heterocycles. The van der Waals surface area contributed by atoms with E-state index in [0.29, 0.717) is 5.56 Å². The summed E-state index contributed by atoms with van der Waals surface area (Å²) in [7, 11) is 0. The van der Waals surface area contributed by atoms with Gasteiger partial charge in [-0.3, -0.25) is 4.79 Å². The van der Waals surface area contributed by atoms with Gasteiger partial charge < -0.3 is 10.6 Å². The van der Waals surface area contributed by atoms with E-state index in [1.54, 1.807) is 11.3 Å². The third kappa shape index (κ3) is 2.54. The van der Waals surface area contributed by atoms with Crippen LogP contribution in [0.1, 0.15) is 33.0 Å². The molecule has 2 aromatic rings. The van der Waals surface area contributed by atoms with Crippen molar-refractivity contribution in [1.82, 2.24) is 4.98 Å². The van der Waals surface area contributed by atoms with Crippen molar-refractivity contribution < 1.29 is 4.79 Å². The number of nitrogens with zero attached hydrogens (tertiary/aromatic N) is 2. The fraction of sp³-hybridized carbons (Fsp3) is 0.333. The number of carbonyl (C=O) groups is 1. The van der Waals surface area contributed by atoms with Crippen LogP contribution in [0.4, 0.5) is 5.69 Å². The first kappa shape index (κ1) is 13.1. The highest BCUT2D eigenvalue weighted by Gasteiger charge is 2.19. The molecule has 0 unspecified atom stereocenters. The second-order valence-electron chi connectivity index (χ2n) is 5.12. The van der Waals surface area contributed by atoms with E-state index < -0.39 is 0 Å². The molecule has 1 amide bonds. The van der Waals surface area contributed by atoms with E-state index in [9.17, 15) is 4.79 Å². The van der Waals surface area contributed by atoms with E-state index in [4.69, 9.17) is 5.73 Å². The molecule has 5 heteroatoms. The smallest absolute Gasteiger partial charge is 0.248 e. The molecule has 0 fully saturated rings. The highest BCUT2D eigenvalue weighted by Crippen LogP contribution is 2.29. The lowest BCUT2D eigenvalue weighted by molar-refractivity contribution is 0.1000. The number of rotatable bonds is 3. The van der Waals surface area contributed by atoms with Gasteiger partial charge in [0.15, 0.2) is 0 Å². The number of amides is 1. The van der Waals surface area contributed by atoms with Crippen LogP contribution < -0.4 is 10.6 Å². The van der Waals surface area contributed by atoms with Crippen LogP contribution in [0.15, 0.2) is 23.6 Å². The van der Waals surface area contributed by atoms with Crippen LogP contribution in [0.25, 0.3) is 0 Å². The molecule has 3 rings (SSSR count). The molecule has 2 heterocycles. The first-order valence-corrected chi connectivity index (χ1v) is 7.60. The second-order valence-corrected chi connectivity index (χ2v) is 6.06. The van der Waals surface area contributed by atoms with Crippen molar-refractivity contribution in [3.63, 3.8) is 0 Å². The molecule has 104 valence electrons. The van der Waals surface area contributed by atoms with Crippen LogP contribution in [0, 0.1) is 6.92 Å². The number of anilines is 1. The van der Waals surface area contributed by atoms with Crippen molar-refractivity contribution in [2.75, 3.05) is 11.4 Å². The van der Waals surface area contributed by atoms with Gasteiger partial charge in [-0.15, -0.1) is 11.3 Å². The normalized spacial score (nSPS) is 14.2. The average Bonchev–Trinajstić information content (AvgIpc) is 2.84. The van der Waals surface area contributed by atoms with E-state index in [-0.39, 0.29) is 5.91 Å². The Kier molecular flexibility index (Phi) is 3.44. The average molecular weight is 287 g/mol. The maximum absolute atomic E-state index is 11.3. The summed E-state index contributed by atoms with van der Waals surface area (Å²) in [5, 5.41) is 3.21. The summed E-state index contributed by atoms with van der Waals surface area (Å²) >= 11 is 1.70. The number of primary amides is 1. The summed E-state index contributed by atoms with van der Waals surface area (Å²) in [5.41, 5.74) is 9.43. The van der Waals surface area contributed by atoms with Crippen LogP contribution >= 0.6 is 11.3 Å². The Morgan fingerprint density at radius 3 is 3.05 bits per heavy atom. The molecule has 0 bridgehead atoms. The number of aromatic nitrogens is 1. The molecule has 1 aromatic heterocycles. The van der Waals surface area contributed by atoms with Crippen molar-refractivity contribution in [2.24, 2.45) is 5.73 Å². The quantitative estimate of drug-likeness (QED) is 0.943. The summed E-state index contributed by atoms with van der Waals surface area (Å²) in [4.78, 5) is 18.1. The molecule has 1 aliphatic rings. The van der Waals surface area contributed by atoms with Crippen molar-refractivity contribution in [3.8, 4) is 0 Å². The molecule has 0 aliphatic carbocycles. The van der Waals surface area contributed by atoms with Crippen molar-refractivity contribution in [2.45, 2.75) is 26.3 Å². The number of carbonyl (C=O) groups excluding carboxylic acids is 1. The third-order valence-corrected chi connectivity index (χ3v) is 4.52. The zero-order chi connectivity index (χ0) is 14.1. The largest absolute Gasteiger partial charge is 0.366 e. The van der Waals surface area contributed by atoms with Gasteiger partial charge in [-0.2, -0.15) is 0 Å². The van der Waals surface area contributed by atoms with Crippen LogP contribution in [0.5, 0.6) is 0 Å². The van der Waals surface area contributed by atoms with Crippen LogP contribution in [0.3, 0.4) is 0 Å². The number of aryl methyl sites for hydroxylation is 2. The Bertz CT molecular complexity index is 650. The highest BCUT2D eigenvalue weighted by atomic mass is 32.1. The van der Waals surface area contributed by atoms with E-state index in [1.165, 1.54) is 11.3 Å². The summed E-state index contributed by atoms with van der Waals surface area (Å²) in [6, 6.07) is 5.75. The molecule has 4 nitrogen and oxygen atoms in total. The lowest BCUT2D eigenvalue weighted by Crippen LogP contribution is -2.29. The first-order chi connectivity index (χ1) is 9.63. The fourth-order valence-corrected chi connectivity index (χ4v) is 3.42. The Morgan fingerprint density at radius 1 is 1.50 bits per heavy atom. The Morgan fingerprint density at radius 2 is 2.35 bits per heavy atom. The van der Waals surface area contributed by atoms with Gasteiger partial charge in [-0.1, -0.05) is 0 Å². The first-order valence-electron chi connectivity index (χ1n) is 6.72. The number of nitrogens with two attached hydrogens (primary N) is 1. The van der Waals surface area contributed by atoms with Crippen molar-refractivity contribution in [1.29, 1.82) is 0 Å². The Balaban J connectivity index is 1.88. The van der Waals surface area contributed by atoms with Crippen LogP contribution in [-0.2, 0) is 13.0 Å². The molecule has 1 aromatic carbocycles. The van der Waals surface area contributed by atoms with Crippen LogP contribution in [0.2, 0.25) is 0 Å². The fourth-order valence-electron chi connectivity index (χ4n) is 2.63. The van der Waals surface area contributed by atoms with Gasteiger partial charge in [0, 0.05) is 28.9 Å². The molecule has 1 aliphatic heterocycles. The summed E-state index contributed by atoms with van der Waals surface area (Å²) in [5.74, 6) is -0.361. The number of benzene rings is 1. The number of hydrogen-bond acceptors (Lipinski definition) is 4. The molecule has 20 heavy (non-hydrogen) atoms. The zero-order valence-electron chi connectivity index (χ0n) is 11.4. The monoisotopic (exact) mass is 287 g/mol. The number of fused-ring (bicyclic) bond motifs is 1. The third-order valence-electron chi connectivity index (χ3n) is 3.57. The lowest BCUT2D eigenvalue weighted by Gasteiger charge is -2.30. The maximum atomic E-state index is 11.3. The standard InChI is InChI=1S/C15H17N3OS/c1-10-9-20-14(17-10)8-18-6-2-3-11-7-12(15(16)19)4-5-13(11)18/h4-5,7,9H,2-3,6,8H2,1H3,(H2,16,19). The topological polar surface area (TPSA) is 59.2 Å². The minimum absolute atomic E-state index is 0.361. The van der Waals surface area contributed by atoms with Gasteiger partial charge in [0.25, 0.3) is 0 Å². The minimum Gasteiger partial charge on any atom is -0.366 e. The van der Waals surface area contributed by atoms with Gasteiger partial charge in [-0.05, 0) is 43.5 Å². The van der Waals surface area contributed by atoms with Gasteiger partial charge in [0.1, 0.15) is 5.01 Å².